The number of hydrogen-bond acceptors (Lipinski definition) is 4. The Morgan fingerprint density at radius 3 is 2.88 bits per heavy atom. The number of rotatable bonds is 5. The third kappa shape index (κ3) is 3.28. The van der Waals surface area contributed by atoms with Gasteiger partial charge in [-0.15, -0.1) is 0 Å². The third-order valence-electron chi connectivity index (χ3n) is 4.67. The molecule has 132 valence electrons. The number of carbonyl (C=O) groups is 1. The quantitative estimate of drug-likeness (QED) is 0.875. The molecule has 0 radical (unpaired) electrons. The Morgan fingerprint density at radius 1 is 1.42 bits per heavy atom. The van der Waals surface area contributed by atoms with Crippen LogP contribution in [0.1, 0.15) is 42.6 Å². The molecule has 2 heterocycles. The number of benzene rings is 1. The number of carbonyl (C=O) groups excluding carboxylic acids is 1. The van der Waals surface area contributed by atoms with E-state index in [9.17, 15) is 13.2 Å². The van der Waals surface area contributed by atoms with E-state index in [0.29, 0.717) is 24.2 Å². The molecular weight excluding hydrogens is 328 g/mol. The first-order valence-corrected chi connectivity index (χ1v) is 10.1. The molecule has 7 heteroatoms. The summed E-state index contributed by atoms with van der Waals surface area (Å²) >= 11 is 0. The number of hydrogen-bond donors (Lipinski definition) is 1. The molecule has 0 saturated carbocycles. The van der Waals surface area contributed by atoms with E-state index in [1.165, 1.54) is 4.31 Å². The van der Waals surface area contributed by atoms with Crippen LogP contribution in [0.2, 0.25) is 0 Å². The minimum absolute atomic E-state index is 0.0698. The highest BCUT2D eigenvalue weighted by Gasteiger charge is 2.34. The topological polar surface area (TPSA) is 75.7 Å². The third-order valence-corrected chi connectivity index (χ3v) is 6.56. The maximum Gasteiger partial charge on any atom is 0.251 e. The van der Waals surface area contributed by atoms with Crippen molar-refractivity contribution in [2.45, 2.75) is 45.3 Å². The van der Waals surface area contributed by atoms with Crippen LogP contribution in [0.25, 0.3) is 0 Å². The zero-order valence-electron chi connectivity index (χ0n) is 14.1. The molecule has 0 aromatic heterocycles. The molecule has 2 aliphatic heterocycles. The van der Waals surface area contributed by atoms with E-state index in [2.05, 4.69) is 5.32 Å². The van der Waals surface area contributed by atoms with Crippen LogP contribution in [-0.4, -0.2) is 45.4 Å². The Hall–Kier alpha value is -1.60. The van der Waals surface area contributed by atoms with Gasteiger partial charge in [0, 0.05) is 24.8 Å². The first-order valence-electron chi connectivity index (χ1n) is 8.47. The van der Waals surface area contributed by atoms with Crippen molar-refractivity contribution in [3.63, 3.8) is 0 Å². The highest BCUT2D eigenvalue weighted by molar-refractivity contribution is 7.92. The Balaban J connectivity index is 1.75. The second kappa shape index (κ2) is 6.72. The highest BCUT2D eigenvalue weighted by Crippen LogP contribution is 2.35. The van der Waals surface area contributed by atoms with Crippen LogP contribution in [0, 0.1) is 0 Å². The highest BCUT2D eigenvalue weighted by atomic mass is 32.2. The predicted octanol–water partition coefficient (Wildman–Crippen LogP) is 1.70. The number of amides is 1. The standard InChI is InChI=1S/C17H24N2O4S/c1-3-24(21,22)19-12(2)9-14-10-13(6-7-16(14)19)17(20)18-11-15-5-4-8-23-15/h6-7,10,12,15H,3-5,8-9,11H2,1-2H3,(H,18,20)/t12-,15-/m1/s1. The second-order valence-electron chi connectivity index (χ2n) is 6.44. The van der Waals surface area contributed by atoms with Gasteiger partial charge in [-0.25, -0.2) is 8.42 Å². The summed E-state index contributed by atoms with van der Waals surface area (Å²) in [5.74, 6) is -0.0711. The summed E-state index contributed by atoms with van der Waals surface area (Å²) in [4.78, 5) is 12.3. The van der Waals surface area contributed by atoms with Crippen molar-refractivity contribution in [1.82, 2.24) is 5.32 Å². The van der Waals surface area contributed by atoms with E-state index in [0.717, 1.165) is 25.0 Å². The Labute approximate surface area is 143 Å². The zero-order chi connectivity index (χ0) is 17.3. The number of nitrogens with zero attached hydrogens (tertiary/aromatic N) is 1. The smallest absolute Gasteiger partial charge is 0.251 e. The number of fused-ring (bicyclic) bond motifs is 1. The fourth-order valence-electron chi connectivity index (χ4n) is 3.42. The van der Waals surface area contributed by atoms with Gasteiger partial charge >= 0.3 is 0 Å². The SMILES string of the molecule is CCS(=O)(=O)N1c2ccc(C(=O)NC[C@H]3CCCO3)cc2C[C@H]1C. The van der Waals surface area contributed by atoms with Crippen molar-refractivity contribution in [2.24, 2.45) is 0 Å². The fraction of sp³-hybridized carbons (Fsp3) is 0.588. The van der Waals surface area contributed by atoms with Gasteiger partial charge in [0.25, 0.3) is 5.91 Å². The van der Waals surface area contributed by atoms with Crippen molar-refractivity contribution in [2.75, 3.05) is 23.2 Å². The van der Waals surface area contributed by atoms with Crippen molar-refractivity contribution >= 4 is 21.6 Å². The van der Waals surface area contributed by atoms with Crippen LogP contribution in [0.5, 0.6) is 0 Å². The molecule has 1 aromatic carbocycles. The van der Waals surface area contributed by atoms with Gasteiger partial charge in [0.15, 0.2) is 0 Å². The largest absolute Gasteiger partial charge is 0.376 e. The van der Waals surface area contributed by atoms with E-state index in [-0.39, 0.29) is 23.8 Å². The van der Waals surface area contributed by atoms with Crippen LogP contribution >= 0.6 is 0 Å². The molecule has 0 unspecified atom stereocenters. The van der Waals surface area contributed by atoms with Crippen LogP contribution in [0.3, 0.4) is 0 Å². The normalized spacial score (nSPS) is 23.3. The van der Waals surface area contributed by atoms with Crippen molar-refractivity contribution in [3.8, 4) is 0 Å². The minimum atomic E-state index is -3.30. The first kappa shape index (κ1) is 17.2. The summed E-state index contributed by atoms with van der Waals surface area (Å²) in [5, 5.41) is 2.90. The summed E-state index contributed by atoms with van der Waals surface area (Å²) in [5.41, 5.74) is 2.17. The van der Waals surface area contributed by atoms with E-state index < -0.39 is 10.0 Å². The molecule has 0 spiro atoms. The first-order chi connectivity index (χ1) is 11.4. The van der Waals surface area contributed by atoms with Gasteiger partial charge in [0.2, 0.25) is 10.0 Å². The molecule has 1 fully saturated rings. The zero-order valence-corrected chi connectivity index (χ0v) is 14.9. The molecule has 3 rings (SSSR count). The summed E-state index contributed by atoms with van der Waals surface area (Å²) in [6.07, 6.45) is 2.75. The van der Waals surface area contributed by atoms with Crippen LogP contribution in [-0.2, 0) is 21.2 Å². The van der Waals surface area contributed by atoms with Crippen molar-refractivity contribution in [1.29, 1.82) is 0 Å². The molecule has 24 heavy (non-hydrogen) atoms. The molecule has 1 aromatic rings. The lowest BCUT2D eigenvalue weighted by atomic mass is 10.1. The summed E-state index contributed by atoms with van der Waals surface area (Å²) < 4.78 is 31.5. The molecule has 6 nitrogen and oxygen atoms in total. The van der Waals surface area contributed by atoms with E-state index >= 15 is 0 Å². The molecule has 1 N–H and O–H groups in total. The molecule has 1 amide bonds. The average molecular weight is 352 g/mol. The molecule has 0 bridgehead atoms. The fourth-order valence-corrected chi connectivity index (χ4v) is 4.80. The van der Waals surface area contributed by atoms with Gasteiger partial charge in [-0.3, -0.25) is 9.10 Å². The maximum absolute atomic E-state index is 12.3. The molecular formula is C17H24N2O4S. The lowest BCUT2D eigenvalue weighted by molar-refractivity contribution is 0.0857. The maximum atomic E-state index is 12.3. The lowest BCUT2D eigenvalue weighted by Gasteiger charge is -2.23. The van der Waals surface area contributed by atoms with Crippen molar-refractivity contribution in [3.05, 3.63) is 29.3 Å². The van der Waals surface area contributed by atoms with Gasteiger partial charge < -0.3 is 10.1 Å². The minimum Gasteiger partial charge on any atom is -0.376 e. The van der Waals surface area contributed by atoms with E-state index in [1.54, 1.807) is 19.1 Å². The number of anilines is 1. The summed E-state index contributed by atoms with van der Waals surface area (Å²) in [7, 11) is -3.30. The Bertz CT molecular complexity index is 726. The van der Waals surface area contributed by atoms with Crippen LogP contribution < -0.4 is 9.62 Å². The monoisotopic (exact) mass is 352 g/mol. The molecule has 2 aliphatic rings. The average Bonchev–Trinajstić information content (AvgIpc) is 3.18. The lowest BCUT2D eigenvalue weighted by Crippen LogP contribution is -2.36. The van der Waals surface area contributed by atoms with Gasteiger partial charge in [0.05, 0.1) is 17.5 Å². The van der Waals surface area contributed by atoms with Crippen LogP contribution in [0.15, 0.2) is 18.2 Å². The summed E-state index contributed by atoms with van der Waals surface area (Å²) in [6.45, 7) is 4.82. The summed E-state index contributed by atoms with van der Waals surface area (Å²) in [6, 6.07) is 5.13. The van der Waals surface area contributed by atoms with E-state index in [4.69, 9.17) is 4.74 Å². The number of ether oxygens (including phenoxy) is 1. The van der Waals surface area contributed by atoms with Gasteiger partial charge in [0.1, 0.15) is 0 Å². The molecule has 2 atom stereocenters. The molecule has 0 aliphatic carbocycles. The Kier molecular flexibility index (Phi) is 4.83. The van der Waals surface area contributed by atoms with E-state index in [1.807, 2.05) is 13.0 Å². The second-order valence-corrected chi connectivity index (χ2v) is 8.57. The predicted molar refractivity (Wildman–Crippen MR) is 92.9 cm³/mol. The number of sulfonamides is 1. The molecule has 1 saturated heterocycles. The van der Waals surface area contributed by atoms with Gasteiger partial charge in [-0.05, 0) is 56.9 Å². The number of nitrogens with one attached hydrogen (secondary N) is 1. The Morgan fingerprint density at radius 2 is 2.21 bits per heavy atom. The van der Waals surface area contributed by atoms with Gasteiger partial charge in [-0.2, -0.15) is 0 Å². The van der Waals surface area contributed by atoms with Crippen molar-refractivity contribution < 1.29 is 17.9 Å². The van der Waals surface area contributed by atoms with Gasteiger partial charge in [-0.1, -0.05) is 0 Å². The van der Waals surface area contributed by atoms with Crippen LogP contribution in [0.4, 0.5) is 5.69 Å².